The summed E-state index contributed by atoms with van der Waals surface area (Å²) in [5.41, 5.74) is 4.73. The van der Waals surface area contributed by atoms with Gasteiger partial charge in [0.25, 0.3) is 0 Å². The van der Waals surface area contributed by atoms with E-state index in [2.05, 4.69) is 52.5 Å². The summed E-state index contributed by atoms with van der Waals surface area (Å²) in [5, 5.41) is 0. The fraction of sp³-hybridized carbons (Fsp3) is 0.824. The number of rotatable bonds is 10. The third-order valence-corrected chi connectivity index (χ3v) is 17.1. The van der Waals surface area contributed by atoms with Crippen molar-refractivity contribution in [2.75, 3.05) is 13.1 Å². The second kappa shape index (κ2) is 18.4. The van der Waals surface area contributed by atoms with E-state index >= 15 is 0 Å². The minimum Gasteiger partial charge on any atom is -0.474 e. The minimum absolute atomic E-state index is 0.379. The first kappa shape index (κ1) is 39.3. The third kappa shape index (κ3) is 8.32. The quantitative estimate of drug-likeness (QED) is 0.207. The molecule has 310 valence electrons. The maximum absolute atomic E-state index is 6.92. The average Bonchev–Trinajstić information content (AvgIpc) is 3.95. The second-order valence-corrected chi connectivity index (χ2v) is 20.2. The molecule has 0 bridgehead atoms. The van der Waals surface area contributed by atoms with Crippen LogP contribution in [0.1, 0.15) is 194 Å². The zero-order valence-corrected chi connectivity index (χ0v) is 36.0. The number of allylic oxidation sites excluding steroid dienone is 5. The van der Waals surface area contributed by atoms with Gasteiger partial charge in [0, 0.05) is 30.7 Å². The van der Waals surface area contributed by atoms with Crippen LogP contribution in [0, 0.1) is 23.7 Å². The first-order chi connectivity index (χ1) is 27.7. The van der Waals surface area contributed by atoms with Gasteiger partial charge in [-0.15, -0.1) is 0 Å². The number of ether oxygens (including phenoxy) is 2. The van der Waals surface area contributed by atoms with Gasteiger partial charge in [0.15, 0.2) is 18.0 Å². The summed E-state index contributed by atoms with van der Waals surface area (Å²) >= 11 is 0. The zero-order valence-electron chi connectivity index (χ0n) is 36.0. The van der Waals surface area contributed by atoms with Gasteiger partial charge in [0.05, 0.1) is 12.1 Å². The van der Waals surface area contributed by atoms with Crippen molar-refractivity contribution in [3.05, 3.63) is 47.0 Å². The largest absolute Gasteiger partial charge is 0.474 e. The molecule has 2 heterocycles. The monoisotopic (exact) mass is 767 g/mol. The molecule has 2 aliphatic heterocycles. The Morgan fingerprint density at radius 2 is 1.18 bits per heavy atom. The Morgan fingerprint density at radius 3 is 1.79 bits per heavy atom. The molecule has 7 aliphatic carbocycles. The number of hydrogen-bond acceptors (Lipinski definition) is 4. The van der Waals surface area contributed by atoms with Crippen molar-refractivity contribution in [1.82, 2.24) is 9.80 Å². The van der Waals surface area contributed by atoms with E-state index in [9.17, 15) is 0 Å². The molecule has 0 radical (unpaired) electrons. The van der Waals surface area contributed by atoms with Crippen molar-refractivity contribution in [3.63, 3.8) is 0 Å². The highest BCUT2D eigenvalue weighted by Crippen LogP contribution is 2.46. The van der Waals surface area contributed by atoms with Gasteiger partial charge in [-0.1, -0.05) is 109 Å². The van der Waals surface area contributed by atoms with Crippen LogP contribution in [0.5, 0.6) is 0 Å². The lowest BCUT2D eigenvalue weighted by Gasteiger charge is -2.45. The molecule has 0 amide bonds. The topological polar surface area (TPSA) is 27.9 Å². The van der Waals surface area contributed by atoms with Gasteiger partial charge in [-0.3, -0.25) is 0 Å². The molecule has 9 rings (SSSR count). The highest BCUT2D eigenvalue weighted by molar-refractivity contribution is 5.85. The molecule has 7 fully saturated rings. The van der Waals surface area contributed by atoms with Crippen LogP contribution in [0.3, 0.4) is 0 Å². The standard InChI is InChI=1S/C51H80N3O2/c1-3-52-45-35-41(37-17-9-5-10-18-37)27-31-47(45)55-49(52)33-29-39-25-26-40(51(39)54(43-21-13-7-14-22-43)44-23-15-8-16-24-44)30-34-50-53(4-2)46-36-42(28-32-48(46)56-50)38-19-11-6-12-20-38/h29-30,33-34,37-38,41-48H,3-28,31-32,35-36H2,1-2H3/q+1. The highest BCUT2D eigenvalue weighted by atomic mass is 16.5. The second-order valence-electron chi connectivity index (χ2n) is 20.2. The minimum atomic E-state index is 0.379. The molecule has 0 aromatic rings. The van der Waals surface area contributed by atoms with Crippen LogP contribution >= 0.6 is 0 Å². The molecule has 0 N–H and O–H groups in total. The van der Waals surface area contributed by atoms with Gasteiger partial charge < -0.3 is 19.3 Å². The Kier molecular flexibility index (Phi) is 12.9. The molecular formula is C51H80N3O2+. The van der Waals surface area contributed by atoms with Gasteiger partial charge in [-0.2, -0.15) is 4.58 Å². The maximum atomic E-state index is 6.92. The summed E-state index contributed by atoms with van der Waals surface area (Å²) in [6.07, 6.45) is 49.3. The van der Waals surface area contributed by atoms with Gasteiger partial charge in [-0.25, -0.2) is 0 Å². The van der Waals surface area contributed by atoms with Crippen LogP contribution in [-0.4, -0.2) is 69.7 Å². The maximum Gasteiger partial charge on any atom is 0.363 e. The van der Waals surface area contributed by atoms with E-state index in [1.807, 2.05) is 0 Å². The summed E-state index contributed by atoms with van der Waals surface area (Å²) < 4.78 is 16.5. The van der Waals surface area contributed by atoms with Crippen molar-refractivity contribution >= 4 is 5.90 Å². The molecule has 56 heavy (non-hydrogen) atoms. The molecule has 6 unspecified atom stereocenters. The van der Waals surface area contributed by atoms with E-state index < -0.39 is 0 Å². The number of hydrogen-bond donors (Lipinski definition) is 0. The van der Waals surface area contributed by atoms with Crippen LogP contribution in [-0.2, 0) is 9.47 Å². The Balaban J connectivity index is 1.01. The molecule has 9 aliphatic rings. The third-order valence-electron chi connectivity index (χ3n) is 17.1. The molecular weight excluding hydrogens is 687 g/mol. The van der Waals surface area contributed by atoms with E-state index in [1.54, 1.807) is 16.8 Å². The smallest absolute Gasteiger partial charge is 0.363 e. The molecule has 0 aromatic carbocycles. The van der Waals surface area contributed by atoms with E-state index in [4.69, 9.17) is 9.47 Å². The lowest BCUT2D eigenvalue weighted by atomic mass is 9.71. The predicted molar refractivity (Wildman–Crippen MR) is 230 cm³/mol. The highest BCUT2D eigenvalue weighted by Gasteiger charge is 2.48. The normalized spacial score (nSPS) is 35.8. The van der Waals surface area contributed by atoms with E-state index in [0.717, 1.165) is 61.4 Å². The van der Waals surface area contributed by atoms with E-state index in [-0.39, 0.29) is 0 Å². The van der Waals surface area contributed by atoms with E-state index in [0.29, 0.717) is 36.4 Å². The van der Waals surface area contributed by atoms with Gasteiger partial charge in [0.2, 0.25) is 0 Å². The molecule has 6 saturated carbocycles. The summed E-state index contributed by atoms with van der Waals surface area (Å²) in [6.45, 7) is 6.83. The lowest BCUT2D eigenvalue weighted by Crippen LogP contribution is -2.44. The van der Waals surface area contributed by atoms with E-state index in [1.165, 1.54) is 167 Å². The molecule has 0 spiro atoms. The van der Waals surface area contributed by atoms with Gasteiger partial charge >= 0.3 is 5.90 Å². The number of likely N-dealkylation sites (N-methyl/N-ethyl adjacent to an activating group) is 2. The fourth-order valence-electron chi connectivity index (χ4n) is 14.2. The molecule has 5 heteroatoms. The predicted octanol–water partition coefficient (Wildman–Crippen LogP) is 12.4. The van der Waals surface area contributed by atoms with Gasteiger partial charge in [0.1, 0.15) is 12.6 Å². The summed E-state index contributed by atoms with van der Waals surface area (Å²) in [6, 6.07) is 2.48. The number of fused-ring (bicyclic) bond motifs is 2. The first-order valence-electron chi connectivity index (χ1n) is 25.0. The first-order valence-corrected chi connectivity index (χ1v) is 25.0. The lowest BCUT2D eigenvalue weighted by molar-refractivity contribution is -0.560. The summed E-state index contributed by atoms with van der Waals surface area (Å²) in [5.74, 6) is 6.04. The van der Waals surface area contributed by atoms with Crippen LogP contribution < -0.4 is 0 Å². The van der Waals surface area contributed by atoms with Crippen molar-refractivity contribution in [2.45, 2.75) is 230 Å². The SMILES string of the molecule is CCN1C(=CC=C2CCC(C=CC3=[N+](CC)C4CC(C5CCCCC5)CCC4O3)=C2N(C2CCCCC2)C2CCCCC2)OC2CCC(C3CCCCC3)CC21. The van der Waals surface area contributed by atoms with Crippen LogP contribution in [0.2, 0.25) is 0 Å². The summed E-state index contributed by atoms with van der Waals surface area (Å²) in [4.78, 5) is 5.71. The van der Waals surface area contributed by atoms with Gasteiger partial charge in [-0.05, 0) is 131 Å². The average molecular weight is 767 g/mol. The van der Waals surface area contributed by atoms with Crippen LogP contribution in [0.25, 0.3) is 0 Å². The van der Waals surface area contributed by atoms with Crippen LogP contribution in [0.4, 0.5) is 0 Å². The Morgan fingerprint density at radius 1 is 0.589 bits per heavy atom. The van der Waals surface area contributed by atoms with Crippen molar-refractivity contribution < 1.29 is 14.0 Å². The fourth-order valence-corrected chi connectivity index (χ4v) is 14.2. The number of nitrogens with zero attached hydrogens (tertiary/aromatic N) is 3. The molecule has 1 saturated heterocycles. The molecule has 5 nitrogen and oxygen atoms in total. The van der Waals surface area contributed by atoms with Crippen molar-refractivity contribution in [3.8, 4) is 0 Å². The molecule has 0 aromatic heterocycles. The molecule has 6 atom stereocenters. The zero-order chi connectivity index (χ0) is 37.8. The Labute approximate surface area is 342 Å². The Hall–Kier alpha value is -2.17. The van der Waals surface area contributed by atoms with Crippen molar-refractivity contribution in [1.29, 1.82) is 0 Å². The van der Waals surface area contributed by atoms with Crippen LogP contribution in [0.15, 0.2) is 47.0 Å². The van der Waals surface area contributed by atoms with Crippen molar-refractivity contribution in [2.24, 2.45) is 23.7 Å². The summed E-state index contributed by atoms with van der Waals surface area (Å²) in [7, 11) is 0. The Bertz CT molecular complexity index is 1460.